The Morgan fingerprint density at radius 1 is 1.09 bits per heavy atom. The summed E-state index contributed by atoms with van der Waals surface area (Å²) in [7, 11) is 0. The maximum absolute atomic E-state index is 13.4. The average molecular weight is 317 g/mol. The molecule has 0 spiro atoms. The van der Waals surface area contributed by atoms with Gasteiger partial charge in [0.15, 0.2) is 6.61 Å². The van der Waals surface area contributed by atoms with Crippen molar-refractivity contribution in [2.75, 3.05) is 19.8 Å². The maximum atomic E-state index is 13.4. The molecule has 5 heteroatoms. The highest BCUT2D eigenvalue weighted by molar-refractivity contribution is 5.77. The fourth-order valence-corrected chi connectivity index (χ4v) is 2.06. The predicted octanol–water partition coefficient (Wildman–Crippen LogP) is 2.96. The number of rotatable bonds is 8. The normalized spacial score (nSPS) is 10.2. The van der Waals surface area contributed by atoms with Crippen LogP contribution in [0.1, 0.15) is 12.5 Å². The minimum Gasteiger partial charge on any atom is -0.494 e. The minimum absolute atomic E-state index is 0.0904. The average Bonchev–Trinajstić information content (AvgIpc) is 2.55. The van der Waals surface area contributed by atoms with Crippen LogP contribution in [0, 0.1) is 5.82 Å². The molecule has 0 aliphatic carbocycles. The van der Waals surface area contributed by atoms with Gasteiger partial charge in [-0.3, -0.25) is 4.79 Å². The summed E-state index contributed by atoms with van der Waals surface area (Å²) in [6.07, 6.45) is 0.443. The van der Waals surface area contributed by atoms with E-state index in [2.05, 4.69) is 5.32 Å². The molecule has 0 saturated heterocycles. The molecule has 23 heavy (non-hydrogen) atoms. The first-order chi connectivity index (χ1) is 11.2. The van der Waals surface area contributed by atoms with E-state index in [1.54, 1.807) is 36.4 Å². The third-order valence-electron chi connectivity index (χ3n) is 3.16. The quantitative estimate of drug-likeness (QED) is 0.814. The van der Waals surface area contributed by atoms with Crippen molar-refractivity contribution in [2.45, 2.75) is 13.3 Å². The lowest BCUT2D eigenvalue weighted by atomic mass is 10.1. The Morgan fingerprint density at radius 2 is 1.83 bits per heavy atom. The summed E-state index contributed by atoms with van der Waals surface area (Å²) in [6, 6.07) is 13.6. The first-order valence-corrected chi connectivity index (χ1v) is 7.55. The van der Waals surface area contributed by atoms with Crippen molar-refractivity contribution in [1.82, 2.24) is 5.32 Å². The van der Waals surface area contributed by atoms with E-state index >= 15 is 0 Å². The Balaban J connectivity index is 1.73. The number of ether oxygens (including phenoxy) is 2. The number of nitrogens with one attached hydrogen (secondary N) is 1. The van der Waals surface area contributed by atoms with Crippen LogP contribution in [0.5, 0.6) is 11.5 Å². The molecule has 0 saturated carbocycles. The predicted molar refractivity (Wildman–Crippen MR) is 86.2 cm³/mol. The van der Waals surface area contributed by atoms with Gasteiger partial charge in [0, 0.05) is 12.6 Å². The van der Waals surface area contributed by atoms with Gasteiger partial charge >= 0.3 is 0 Å². The molecule has 0 atom stereocenters. The molecule has 1 amide bonds. The molecule has 0 fully saturated rings. The van der Waals surface area contributed by atoms with Crippen LogP contribution in [0.15, 0.2) is 48.5 Å². The fraction of sp³-hybridized carbons (Fsp3) is 0.278. The second kappa shape index (κ2) is 8.78. The van der Waals surface area contributed by atoms with Gasteiger partial charge in [0.2, 0.25) is 0 Å². The zero-order chi connectivity index (χ0) is 16.5. The molecule has 2 aromatic carbocycles. The van der Waals surface area contributed by atoms with Crippen molar-refractivity contribution in [3.63, 3.8) is 0 Å². The van der Waals surface area contributed by atoms with Gasteiger partial charge in [-0.2, -0.15) is 0 Å². The Morgan fingerprint density at radius 3 is 2.57 bits per heavy atom. The first-order valence-electron chi connectivity index (χ1n) is 7.55. The number of carbonyl (C=O) groups excluding carboxylic acids is 1. The van der Waals surface area contributed by atoms with E-state index < -0.39 is 0 Å². The lowest BCUT2D eigenvalue weighted by Gasteiger charge is -2.09. The van der Waals surface area contributed by atoms with E-state index in [-0.39, 0.29) is 18.3 Å². The molecule has 2 aromatic rings. The molecule has 4 nitrogen and oxygen atoms in total. The number of benzene rings is 2. The van der Waals surface area contributed by atoms with Crippen LogP contribution in [0.3, 0.4) is 0 Å². The van der Waals surface area contributed by atoms with E-state index in [9.17, 15) is 9.18 Å². The molecule has 1 N–H and O–H groups in total. The van der Waals surface area contributed by atoms with Crippen LogP contribution < -0.4 is 14.8 Å². The molecule has 0 bridgehead atoms. The van der Waals surface area contributed by atoms with Crippen LogP contribution in [0.4, 0.5) is 4.39 Å². The molecule has 0 aliphatic rings. The molecular weight excluding hydrogens is 297 g/mol. The summed E-state index contributed by atoms with van der Waals surface area (Å²) in [5.41, 5.74) is 0.582. The van der Waals surface area contributed by atoms with Crippen molar-refractivity contribution in [1.29, 1.82) is 0 Å². The topological polar surface area (TPSA) is 47.6 Å². The molecule has 0 aromatic heterocycles. The van der Waals surface area contributed by atoms with E-state index in [0.717, 1.165) is 0 Å². The highest BCUT2D eigenvalue weighted by Crippen LogP contribution is 2.19. The Hall–Kier alpha value is -2.56. The van der Waals surface area contributed by atoms with Crippen molar-refractivity contribution in [2.24, 2.45) is 0 Å². The molecule has 0 unspecified atom stereocenters. The number of hydrogen-bond donors (Lipinski definition) is 1. The number of halogens is 1. The third-order valence-corrected chi connectivity index (χ3v) is 3.16. The smallest absolute Gasteiger partial charge is 0.257 e. The third kappa shape index (κ3) is 5.62. The van der Waals surface area contributed by atoms with Gasteiger partial charge in [0.25, 0.3) is 5.91 Å². The van der Waals surface area contributed by atoms with Crippen LogP contribution in [0.2, 0.25) is 0 Å². The van der Waals surface area contributed by atoms with Gasteiger partial charge in [-0.05, 0) is 37.1 Å². The molecular formula is C18H20FNO3. The van der Waals surface area contributed by atoms with Crippen molar-refractivity contribution >= 4 is 5.91 Å². The first kappa shape index (κ1) is 16.8. The van der Waals surface area contributed by atoms with Gasteiger partial charge in [-0.25, -0.2) is 4.39 Å². The zero-order valence-corrected chi connectivity index (χ0v) is 13.0. The van der Waals surface area contributed by atoms with Crippen molar-refractivity contribution < 1.29 is 18.7 Å². The molecule has 0 heterocycles. The summed E-state index contributed by atoms with van der Waals surface area (Å²) in [5.74, 6) is 0.763. The van der Waals surface area contributed by atoms with Crippen molar-refractivity contribution in [3.8, 4) is 11.5 Å². The lowest BCUT2D eigenvalue weighted by molar-refractivity contribution is -0.123. The Kier molecular flexibility index (Phi) is 6.41. The standard InChI is InChI=1S/C18H20FNO3/c1-2-22-15-7-5-8-16(12-15)23-13-18(21)20-11-10-14-6-3-4-9-17(14)19/h3-9,12H,2,10-11,13H2,1H3,(H,20,21). The lowest BCUT2D eigenvalue weighted by Crippen LogP contribution is -2.30. The van der Waals surface area contributed by atoms with Crippen LogP contribution in [0.25, 0.3) is 0 Å². The van der Waals surface area contributed by atoms with E-state index in [0.29, 0.717) is 36.6 Å². The zero-order valence-electron chi connectivity index (χ0n) is 13.0. The van der Waals surface area contributed by atoms with E-state index in [1.165, 1.54) is 6.07 Å². The summed E-state index contributed by atoms with van der Waals surface area (Å²) >= 11 is 0. The van der Waals surface area contributed by atoms with Gasteiger partial charge in [0.1, 0.15) is 17.3 Å². The van der Waals surface area contributed by atoms with Gasteiger partial charge < -0.3 is 14.8 Å². The molecule has 122 valence electrons. The monoisotopic (exact) mass is 317 g/mol. The molecule has 2 rings (SSSR count). The number of hydrogen-bond acceptors (Lipinski definition) is 3. The fourth-order valence-electron chi connectivity index (χ4n) is 2.06. The van der Waals surface area contributed by atoms with E-state index in [4.69, 9.17) is 9.47 Å². The van der Waals surface area contributed by atoms with Gasteiger partial charge in [-0.15, -0.1) is 0 Å². The summed E-state index contributed by atoms with van der Waals surface area (Å²) in [4.78, 5) is 11.7. The summed E-state index contributed by atoms with van der Waals surface area (Å²) in [6.45, 7) is 2.74. The number of carbonyl (C=O) groups is 1. The Bertz CT molecular complexity index is 646. The highest BCUT2D eigenvalue weighted by atomic mass is 19.1. The Labute approximate surface area is 135 Å². The van der Waals surface area contributed by atoms with Crippen LogP contribution >= 0.6 is 0 Å². The second-order valence-electron chi connectivity index (χ2n) is 4.89. The highest BCUT2D eigenvalue weighted by Gasteiger charge is 2.05. The summed E-state index contributed by atoms with van der Waals surface area (Å²) < 4.78 is 24.2. The van der Waals surface area contributed by atoms with Gasteiger partial charge in [0.05, 0.1) is 6.61 Å². The van der Waals surface area contributed by atoms with Gasteiger partial charge in [-0.1, -0.05) is 24.3 Å². The van der Waals surface area contributed by atoms with Crippen LogP contribution in [-0.4, -0.2) is 25.7 Å². The molecule has 0 radical (unpaired) electrons. The van der Waals surface area contributed by atoms with Crippen molar-refractivity contribution in [3.05, 3.63) is 59.9 Å². The maximum Gasteiger partial charge on any atom is 0.257 e. The largest absolute Gasteiger partial charge is 0.494 e. The second-order valence-corrected chi connectivity index (χ2v) is 4.89. The SMILES string of the molecule is CCOc1cccc(OCC(=O)NCCc2ccccc2F)c1. The number of amides is 1. The summed E-state index contributed by atoms with van der Waals surface area (Å²) in [5, 5.41) is 2.71. The van der Waals surface area contributed by atoms with E-state index in [1.807, 2.05) is 13.0 Å². The minimum atomic E-state index is -0.259. The van der Waals surface area contributed by atoms with Crippen LogP contribution in [-0.2, 0) is 11.2 Å². The molecule has 0 aliphatic heterocycles.